The second kappa shape index (κ2) is 8.06. The number of carboxylic acids is 1. The van der Waals surface area contributed by atoms with Crippen molar-refractivity contribution >= 4 is 34.6 Å². The van der Waals surface area contributed by atoms with E-state index in [2.05, 4.69) is 5.32 Å². The lowest BCUT2D eigenvalue weighted by Gasteiger charge is -2.15. The SMILES string of the molecule is CSC[C@H](NC(=O)COc1cc(C)cc2oc(=O)cc(C)c12)C(=O)O. The number of fused-ring (bicyclic) bond motifs is 1. The van der Waals surface area contributed by atoms with Gasteiger partial charge in [0.05, 0.1) is 5.39 Å². The average Bonchev–Trinajstić information content (AvgIpc) is 2.51. The van der Waals surface area contributed by atoms with E-state index in [4.69, 9.17) is 14.3 Å². The predicted molar refractivity (Wildman–Crippen MR) is 95.4 cm³/mol. The Hall–Kier alpha value is -2.48. The van der Waals surface area contributed by atoms with Crippen LogP contribution in [0.4, 0.5) is 0 Å². The first-order valence-electron chi connectivity index (χ1n) is 7.51. The third-order valence-corrected chi connectivity index (χ3v) is 4.14. The molecule has 2 aromatic rings. The first kappa shape index (κ1) is 18.9. The van der Waals surface area contributed by atoms with Crippen LogP contribution in [0.5, 0.6) is 5.75 Å². The van der Waals surface area contributed by atoms with Crippen LogP contribution in [0.1, 0.15) is 11.1 Å². The molecule has 2 N–H and O–H groups in total. The van der Waals surface area contributed by atoms with Crippen molar-refractivity contribution in [3.8, 4) is 5.75 Å². The van der Waals surface area contributed by atoms with E-state index < -0.39 is 23.5 Å². The highest BCUT2D eigenvalue weighted by Crippen LogP contribution is 2.29. The predicted octanol–water partition coefficient (Wildman–Crippen LogP) is 1.72. The fraction of sp³-hybridized carbons (Fsp3) is 0.353. The molecule has 0 aliphatic rings. The summed E-state index contributed by atoms with van der Waals surface area (Å²) >= 11 is 1.32. The highest BCUT2D eigenvalue weighted by atomic mass is 32.2. The molecule has 0 spiro atoms. The van der Waals surface area contributed by atoms with Gasteiger partial charge in [-0.2, -0.15) is 11.8 Å². The summed E-state index contributed by atoms with van der Waals surface area (Å²) in [6.07, 6.45) is 1.76. The van der Waals surface area contributed by atoms with E-state index >= 15 is 0 Å². The van der Waals surface area contributed by atoms with Gasteiger partial charge in [-0.25, -0.2) is 9.59 Å². The molecule has 2 rings (SSSR count). The number of hydrogen-bond donors (Lipinski definition) is 2. The summed E-state index contributed by atoms with van der Waals surface area (Å²) < 4.78 is 10.7. The number of nitrogens with one attached hydrogen (secondary N) is 1. The van der Waals surface area contributed by atoms with Crippen molar-refractivity contribution in [2.75, 3.05) is 18.6 Å². The first-order valence-corrected chi connectivity index (χ1v) is 8.90. The number of thioether (sulfide) groups is 1. The number of aliphatic carboxylic acids is 1. The van der Waals surface area contributed by atoms with E-state index in [-0.39, 0.29) is 12.4 Å². The lowest BCUT2D eigenvalue weighted by molar-refractivity contribution is -0.141. The molecular formula is C17H19NO6S. The maximum atomic E-state index is 12.0. The van der Waals surface area contributed by atoms with Crippen molar-refractivity contribution in [3.05, 3.63) is 39.7 Å². The van der Waals surface area contributed by atoms with Crippen LogP contribution in [-0.4, -0.2) is 41.6 Å². The van der Waals surface area contributed by atoms with E-state index in [1.807, 2.05) is 6.92 Å². The Morgan fingerprint density at radius 3 is 2.68 bits per heavy atom. The molecule has 0 aliphatic carbocycles. The lowest BCUT2D eigenvalue weighted by atomic mass is 10.1. The van der Waals surface area contributed by atoms with Crippen molar-refractivity contribution in [1.29, 1.82) is 0 Å². The summed E-state index contributed by atoms with van der Waals surface area (Å²) in [5.41, 5.74) is 1.40. The van der Waals surface area contributed by atoms with Crippen LogP contribution < -0.4 is 15.7 Å². The number of benzene rings is 1. The quantitative estimate of drug-likeness (QED) is 0.720. The summed E-state index contributed by atoms with van der Waals surface area (Å²) in [4.78, 5) is 34.6. The molecule has 1 aromatic heterocycles. The Labute approximate surface area is 148 Å². The number of amides is 1. The molecule has 7 nitrogen and oxygen atoms in total. The van der Waals surface area contributed by atoms with E-state index in [0.717, 1.165) is 5.56 Å². The van der Waals surface area contributed by atoms with Gasteiger partial charge >= 0.3 is 11.6 Å². The second-order valence-corrected chi connectivity index (χ2v) is 6.50. The van der Waals surface area contributed by atoms with E-state index in [1.54, 1.807) is 25.3 Å². The van der Waals surface area contributed by atoms with Crippen molar-refractivity contribution in [1.82, 2.24) is 5.32 Å². The molecule has 0 radical (unpaired) electrons. The molecule has 0 fully saturated rings. The number of rotatable bonds is 7. The van der Waals surface area contributed by atoms with Crippen LogP contribution in [0.3, 0.4) is 0 Å². The molecule has 1 atom stereocenters. The lowest BCUT2D eigenvalue weighted by Crippen LogP contribution is -2.44. The Balaban J connectivity index is 2.19. The topological polar surface area (TPSA) is 106 Å². The average molecular weight is 365 g/mol. The second-order valence-electron chi connectivity index (χ2n) is 5.59. The van der Waals surface area contributed by atoms with Gasteiger partial charge in [-0.3, -0.25) is 4.79 Å². The zero-order valence-corrected chi connectivity index (χ0v) is 14.9. The maximum Gasteiger partial charge on any atom is 0.336 e. The number of ether oxygens (including phenoxy) is 1. The fourth-order valence-corrected chi connectivity index (χ4v) is 2.97. The molecule has 1 aromatic carbocycles. The molecule has 1 amide bonds. The van der Waals surface area contributed by atoms with Gasteiger partial charge in [0.25, 0.3) is 5.91 Å². The molecule has 0 aliphatic heterocycles. The summed E-state index contributed by atoms with van der Waals surface area (Å²) in [6, 6.07) is 3.83. The minimum Gasteiger partial charge on any atom is -0.483 e. The maximum absolute atomic E-state index is 12.0. The van der Waals surface area contributed by atoms with Crippen LogP contribution in [0.2, 0.25) is 0 Å². The highest BCUT2D eigenvalue weighted by molar-refractivity contribution is 7.98. The van der Waals surface area contributed by atoms with E-state index in [1.165, 1.54) is 17.8 Å². The Morgan fingerprint density at radius 1 is 1.32 bits per heavy atom. The highest BCUT2D eigenvalue weighted by Gasteiger charge is 2.20. The van der Waals surface area contributed by atoms with Crippen molar-refractivity contribution in [2.45, 2.75) is 19.9 Å². The standard InChI is InChI=1S/C17H19NO6S/c1-9-4-12(16-10(2)6-15(20)24-13(16)5-9)23-7-14(19)18-11(8-25-3)17(21)22/h4-6,11H,7-8H2,1-3H3,(H,18,19)(H,21,22)/t11-/m0/s1. The molecule has 0 saturated heterocycles. The van der Waals surface area contributed by atoms with Gasteiger partial charge in [0.2, 0.25) is 0 Å². The third-order valence-electron chi connectivity index (χ3n) is 3.47. The Kier molecular flexibility index (Phi) is 6.08. The Morgan fingerprint density at radius 2 is 2.04 bits per heavy atom. The molecule has 25 heavy (non-hydrogen) atoms. The minimum absolute atomic E-state index is 0.263. The summed E-state index contributed by atoms with van der Waals surface area (Å²) in [6.45, 7) is 3.23. The smallest absolute Gasteiger partial charge is 0.336 e. The van der Waals surface area contributed by atoms with Crippen molar-refractivity contribution < 1.29 is 23.8 Å². The van der Waals surface area contributed by atoms with Gasteiger partial charge in [0.15, 0.2) is 6.61 Å². The third kappa shape index (κ3) is 4.76. The number of aryl methyl sites for hydroxylation is 2. The van der Waals surface area contributed by atoms with Crippen LogP contribution in [-0.2, 0) is 9.59 Å². The van der Waals surface area contributed by atoms with Gasteiger partial charge in [-0.15, -0.1) is 0 Å². The zero-order chi connectivity index (χ0) is 18.6. The number of carboxylic acid groups (broad SMARTS) is 1. The van der Waals surface area contributed by atoms with Gasteiger partial charge in [0.1, 0.15) is 17.4 Å². The normalized spacial score (nSPS) is 12.0. The largest absolute Gasteiger partial charge is 0.483 e. The summed E-state index contributed by atoms with van der Waals surface area (Å²) in [5.74, 6) is -0.964. The van der Waals surface area contributed by atoms with Crippen LogP contribution in [0, 0.1) is 13.8 Å². The molecule has 134 valence electrons. The zero-order valence-electron chi connectivity index (χ0n) is 14.1. The molecule has 0 saturated carbocycles. The van der Waals surface area contributed by atoms with Crippen LogP contribution >= 0.6 is 11.8 Å². The molecule has 8 heteroatoms. The minimum atomic E-state index is -1.10. The van der Waals surface area contributed by atoms with Gasteiger partial charge in [0, 0.05) is 11.8 Å². The monoisotopic (exact) mass is 365 g/mol. The fourth-order valence-electron chi connectivity index (χ4n) is 2.41. The molecular weight excluding hydrogens is 346 g/mol. The van der Waals surface area contributed by atoms with E-state index in [9.17, 15) is 14.4 Å². The van der Waals surface area contributed by atoms with E-state index in [0.29, 0.717) is 22.3 Å². The number of hydrogen-bond acceptors (Lipinski definition) is 6. The van der Waals surface area contributed by atoms with Crippen LogP contribution in [0.15, 0.2) is 27.4 Å². The number of carbonyl (C=O) groups excluding carboxylic acids is 1. The molecule has 1 heterocycles. The van der Waals surface area contributed by atoms with Crippen molar-refractivity contribution in [3.63, 3.8) is 0 Å². The van der Waals surface area contributed by atoms with Gasteiger partial charge < -0.3 is 19.6 Å². The summed E-state index contributed by atoms with van der Waals surface area (Å²) in [7, 11) is 0. The first-order chi connectivity index (χ1) is 11.8. The molecule has 0 bridgehead atoms. The van der Waals surface area contributed by atoms with Gasteiger partial charge in [-0.1, -0.05) is 0 Å². The Bertz CT molecular complexity index is 860. The van der Waals surface area contributed by atoms with Crippen LogP contribution in [0.25, 0.3) is 11.0 Å². The number of carbonyl (C=O) groups is 2. The van der Waals surface area contributed by atoms with Gasteiger partial charge in [-0.05, 0) is 43.4 Å². The summed E-state index contributed by atoms with van der Waals surface area (Å²) in [5, 5.41) is 12.1. The molecule has 0 unspecified atom stereocenters. The van der Waals surface area contributed by atoms with Crippen molar-refractivity contribution in [2.24, 2.45) is 0 Å².